The van der Waals surface area contributed by atoms with E-state index in [1.54, 1.807) is 0 Å². The number of nitrogens with zero attached hydrogens (tertiary/aromatic N) is 1. The van der Waals surface area contributed by atoms with E-state index >= 15 is 0 Å². The second kappa shape index (κ2) is 4.96. The molecule has 0 atom stereocenters. The minimum atomic E-state index is -2.87. The lowest BCUT2D eigenvalue weighted by atomic mass is 10.1. The van der Waals surface area contributed by atoms with Gasteiger partial charge in [0.25, 0.3) is 0 Å². The van der Waals surface area contributed by atoms with E-state index in [0.29, 0.717) is 13.1 Å². The van der Waals surface area contributed by atoms with Gasteiger partial charge in [-0.2, -0.15) is 0 Å². The second-order valence-corrected chi connectivity index (χ2v) is 7.29. The Balaban J connectivity index is 2.26. The fraction of sp³-hybridized carbons (Fsp3) is 0.455. The zero-order chi connectivity index (χ0) is 12.5. The van der Waals surface area contributed by atoms with E-state index in [9.17, 15) is 13.5 Å². The number of sulfone groups is 1. The van der Waals surface area contributed by atoms with Crippen molar-refractivity contribution >= 4 is 31.5 Å². The standard InChI is InChI=1S/C11H14BrNO3S/c12-10-2-1-9(8-14)11(7-10)13-3-5-17(15,16)6-4-13/h1-2,7,14H,3-6,8H2. The van der Waals surface area contributed by atoms with E-state index in [4.69, 9.17) is 0 Å². The summed E-state index contributed by atoms with van der Waals surface area (Å²) in [7, 11) is -2.87. The van der Waals surface area contributed by atoms with Gasteiger partial charge in [-0.25, -0.2) is 8.42 Å². The summed E-state index contributed by atoms with van der Waals surface area (Å²) in [6, 6.07) is 5.64. The average molecular weight is 320 g/mol. The predicted molar refractivity (Wildman–Crippen MR) is 70.9 cm³/mol. The predicted octanol–water partition coefficient (Wildman–Crippen LogP) is 1.18. The monoisotopic (exact) mass is 319 g/mol. The molecule has 1 aromatic rings. The molecule has 1 aliphatic rings. The molecule has 4 nitrogen and oxygen atoms in total. The Kier molecular flexibility index (Phi) is 3.75. The maximum absolute atomic E-state index is 11.4. The molecule has 0 amide bonds. The number of benzene rings is 1. The lowest BCUT2D eigenvalue weighted by molar-refractivity contribution is 0.282. The third kappa shape index (κ3) is 3.00. The van der Waals surface area contributed by atoms with Crippen molar-refractivity contribution in [2.75, 3.05) is 29.5 Å². The van der Waals surface area contributed by atoms with Gasteiger partial charge in [0, 0.05) is 28.8 Å². The number of rotatable bonds is 2. The molecule has 0 bridgehead atoms. The normalized spacial score (nSPS) is 19.3. The highest BCUT2D eigenvalue weighted by atomic mass is 79.9. The van der Waals surface area contributed by atoms with Crippen molar-refractivity contribution in [3.8, 4) is 0 Å². The summed E-state index contributed by atoms with van der Waals surface area (Å²) in [5.74, 6) is 0.370. The van der Waals surface area contributed by atoms with E-state index in [1.807, 2.05) is 23.1 Å². The van der Waals surface area contributed by atoms with Crippen molar-refractivity contribution < 1.29 is 13.5 Å². The molecular formula is C11H14BrNO3S. The number of halogens is 1. The Bertz CT molecular complexity index is 501. The Hall–Kier alpha value is -0.590. The van der Waals surface area contributed by atoms with Crippen LogP contribution in [0.5, 0.6) is 0 Å². The molecule has 1 saturated heterocycles. The third-order valence-corrected chi connectivity index (χ3v) is 5.01. The fourth-order valence-corrected chi connectivity index (χ4v) is 3.47. The van der Waals surface area contributed by atoms with Gasteiger partial charge in [-0.15, -0.1) is 0 Å². The first-order valence-electron chi connectivity index (χ1n) is 5.36. The van der Waals surface area contributed by atoms with Gasteiger partial charge in [0.05, 0.1) is 18.1 Å². The van der Waals surface area contributed by atoms with E-state index in [1.165, 1.54) is 0 Å². The van der Waals surface area contributed by atoms with Crippen LogP contribution in [-0.4, -0.2) is 38.1 Å². The lowest BCUT2D eigenvalue weighted by Gasteiger charge is -2.30. The Morgan fingerprint density at radius 1 is 1.29 bits per heavy atom. The largest absolute Gasteiger partial charge is 0.392 e. The second-order valence-electron chi connectivity index (χ2n) is 4.07. The molecule has 0 aliphatic carbocycles. The molecule has 0 saturated carbocycles. The Labute approximate surface area is 109 Å². The molecule has 1 N–H and O–H groups in total. The summed E-state index contributed by atoms with van der Waals surface area (Å²) in [6.45, 7) is 0.948. The smallest absolute Gasteiger partial charge is 0.153 e. The summed E-state index contributed by atoms with van der Waals surface area (Å²) in [4.78, 5) is 2.01. The molecule has 0 radical (unpaired) electrons. The highest BCUT2D eigenvalue weighted by Crippen LogP contribution is 2.26. The summed E-state index contributed by atoms with van der Waals surface area (Å²) < 4.78 is 23.7. The van der Waals surface area contributed by atoms with Gasteiger partial charge in [0.1, 0.15) is 0 Å². The number of anilines is 1. The Morgan fingerprint density at radius 3 is 2.53 bits per heavy atom. The van der Waals surface area contributed by atoms with Crippen LogP contribution in [-0.2, 0) is 16.4 Å². The zero-order valence-corrected chi connectivity index (χ0v) is 11.7. The molecule has 0 aromatic heterocycles. The quantitative estimate of drug-likeness (QED) is 0.889. The van der Waals surface area contributed by atoms with Gasteiger partial charge >= 0.3 is 0 Å². The number of hydrogen-bond acceptors (Lipinski definition) is 4. The summed E-state index contributed by atoms with van der Waals surface area (Å²) in [6.07, 6.45) is 0. The third-order valence-electron chi connectivity index (χ3n) is 2.90. The van der Waals surface area contributed by atoms with E-state index in [-0.39, 0.29) is 18.1 Å². The molecule has 2 rings (SSSR count). The molecule has 0 spiro atoms. The van der Waals surface area contributed by atoms with E-state index < -0.39 is 9.84 Å². The summed E-state index contributed by atoms with van der Waals surface area (Å²) >= 11 is 3.39. The van der Waals surface area contributed by atoms with Crippen LogP contribution in [0.4, 0.5) is 5.69 Å². The van der Waals surface area contributed by atoms with Crippen LogP contribution >= 0.6 is 15.9 Å². The fourth-order valence-electron chi connectivity index (χ4n) is 1.92. The molecule has 1 heterocycles. The van der Waals surface area contributed by atoms with Crippen molar-refractivity contribution in [3.63, 3.8) is 0 Å². The average Bonchev–Trinajstić information content (AvgIpc) is 2.29. The van der Waals surface area contributed by atoms with E-state index in [2.05, 4.69) is 15.9 Å². The van der Waals surface area contributed by atoms with Crippen LogP contribution in [0, 0.1) is 0 Å². The molecule has 1 aromatic carbocycles. The van der Waals surface area contributed by atoms with Gasteiger partial charge in [-0.1, -0.05) is 22.0 Å². The van der Waals surface area contributed by atoms with Crippen molar-refractivity contribution in [3.05, 3.63) is 28.2 Å². The van der Waals surface area contributed by atoms with Crippen LogP contribution in [0.1, 0.15) is 5.56 Å². The first-order chi connectivity index (χ1) is 8.02. The van der Waals surface area contributed by atoms with Crippen molar-refractivity contribution in [1.82, 2.24) is 0 Å². The molecule has 6 heteroatoms. The maximum Gasteiger partial charge on any atom is 0.153 e. The Morgan fingerprint density at radius 2 is 1.94 bits per heavy atom. The minimum absolute atomic E-state index is 0.0358. The summed E-state index contributed by atoms with van der Waals surface area (Å²) in [5, 5.41) is 9.28. The van der Waals surface area contributed by atoms with Crippen LogP contribution in [0.2, 0.25) is 0 Å². The van der Waals surface area contributed by atoms with Crippen LogP contribution in [0.25, 0.3) is 0 Å². The molecule has 1 fully saturated rings. The van der Waals surface area contributed by atoms with Crippen LogP contribution in [0.15, 0.2) is 22.7 Å². The number of aliphatic hydroxyl groups excluding tert-OH is 1. The molecule has 17 heavy (non-hydrogen) atoms. The first-order valence-corrected chi connectivity index (χ1v) is 7.98. The van der Waals surface area contributed by atoms with Crippen LogP contribution < -0.4 is 4.90 Å². The van der Waals surface area contributed by atoms with Crippen molar-refractivity contribution in [2.45, 2.75) is 6.61 Å². The van der Waals surface area contributed by atoms with Gasteiger partial charge in [0.15, 0.2) is 9.84 Å². The number of hydrogen-bond donors (Lipinski definition) is 1. The molecule has 94 valence electrons. The van der Waals surface area contributed by atoms with Gasteiger partial charge in [0.2, 0.25) is 0 Å². The summed E-state index contributed by atoms with van der Waals surface area (Å²) in [5.41, 5.74) is 1.74. The van der Waals surface area contributed by atoms with Gasteiger partial charge < -0.3 is 10.0 Å². The first kappa shape index (κ1) is 12.9. The van der Waals surface area contributed by atoms with Crippen molar-refractivity contribution in [1.29, 1.82) is 0 Å². The van der Waals surface area contributed by atoms with Gasteiger partial charge in [-0.05, 0) is 12.1 Å². The molecule has 1 aliphatic heterocycles. The minimum Gasteiger partial charge on any atom is -0.392 e. The highest BCUT2D eigenvalue weighted by Gasteiger charge is 2.23. The van der Waals surface area contributed by atoms with E-state index in [0.717, 1.165) is 15.7 Å². The lowest BCUT2D eigenvalue weighted by Crippen LogP contribution is -2.40. The number of aliphatic hydroxyl groups is 1. The molecule has 0 unspecified atom stereocenters. The molecular weight excluding hydrogens is 306 g/mol. The maximum atomic E-state index is 11.4. The highest BCUT2D eigenvalue weighted by molar-refractivity contribution is 9.10. The zero-order valence-electron chi connectivity index (χ0n) is 9.26. The van der Waals surface area contributed by atoms with Crippen molar-refractivity contribution in [2.24, 2.45) is 0 Å². The van der Waals surface area contributed by atoms with Gasteiger partial charge in [-0.3, -0.25) is 0 Å². The van der Waals surface area contributed by atoms with Crippen LogP contribution in [0.3, 0.4) is 0 Å². The topological polar surface area (TPSA) is 57.6 Å². The SMILES string of the molecule is O=S1(=O)CCN(c2cc(Br)ccc2CO)CC1.